The van der Waals surface area contributed by atoms with E-state index in [0.29, 0.717) is 17.8 Å². The second-order valence-electron chi connectivity index (χ2n) is 3.59. The molecule has 1 aliphatic heterocycles. The van der Waals surface area contributed by atoms with E-state index in [-0.39, 0.29) is 18.4 Å². The molecule has 0 aliphatic carbocycles. The fraction of sp³-hybridized carbons (Fsp3) is 0.273. The van der Waals surface area contributed by atoms with E-state index in [1.807, 2.05) is 0 Å². The van der Waals surface area contributed by atoms with E-state index < -0.39 is 0 Å². The van der Waals surface area contributed by atoms with Crippen LogP contribution in [0.25, 0.3) is 0 Å². The lowest BCUT2D eigenvalue weighted by atomic mass is 10.1. The minimum atomic E-state index is -0.116. The third-order valence-electron chi connectivity index (χ3n) is 2.46. The quantitative estimate of drug-likeness (QED) is 0.674. The number of hydrogen-bond donors (Lipinski definition) is 3. The first-order chi connectivity index (χ1) is 7.72. The molecule has 1 aromatic carbocycles. The van der Waals surface area contributed by atoms with Crippen LogP contribution in [0, 0.1) is 0 Å². The topological polar surface area (TPSA) is 70.2 Å². The highest BCUT2D eigenvalue weighted by Gasteiger charge is 2.21. The van der Waals surface area contributed by atoms with Gasteiger partial charge in [-0.3, -0.25) is 9.59 Å². The number of nitrogens with one attached hydrogen (secondary N) is 3. The number of rotatable bonds is 3. The number of hydrogen-bond acceptors (Lipinski definition) is 3. The molecule has 0 radical (unpaired) electrons. The lowest BCUT2D eigenvalue weighted by Crippen LogP contribution is -2.25. The Morgan fingerprint density at radius 1 is 1.50 bits per heavy atom. The van der Waals surface area contributed by atoms with E-state index in [4.69, 9.17) is 0 Å². The summed E-state index contributed by atoms with van der Waals surface area (Å²) >= 11 is 0. The molecule has 1 heterocycles. The van der Waals surface area contributed by atoms with Crippen molar-refractivity contribution in [3.63, 3.8) is 0 Å². The maximum Gasteiger partial charge on any atom is 0.251 e. The lowest BCUT2D eigenvalue weighted by molar-refractivity contribution is -0.115. The Bertz CT molecular complexity index is 443. The summed E-state index contributed by atoms with van der Waals surface area (Å²) in [6, 6.07) is 5.32. The van der Waals surface area contributed by atoms with Crippen LogP contribution in [0.3, 0.4) is 0 Å². The molecular weight excluding hydrogens is 206 g/mol. The summed E-state index contributed by atoms with van der Waals surface area (Å²) in [5.41, 5.74) is 2.20. The Balaban J connectivity index is 2.23. The molecule has 84 valence electrons. The molecule has 2 rings (SSSR count). The Labute approximate surface area is 93.2 Å². The van der Waals surface area contributed by atoms with Crippen molar-refractivity contribution >= 4 is 17.5 Å². The molecule has 16 heavy (non-hydrogen) atoms. The van der Waals surface area contributed by atoms with Gasteiger partial charge in [0.05, 0.1) is 6.54 Å². The summed E-state index contributed by atoms with van der Waals surface area (Å²) in [5.74, 6) is -0.199. The number of likely N-dealkylation sites (N-methyl/N-ethyl adjacent to an activating group) is 1. The van der Waals surface area contributed by atoms with E-state index in [0.717, 1.165) is 5.56 Å². The average Bonchev–Trinajstić information content (AvgIpc) is 2.62. The summed E-state index contributed by atoms with van der Waals surface area (Å²) in [7, 11) is 1.71. The second kappa shape index (κ2) is 4.32. The van der Waals surface area contributed by atoms with Gasteiger partial charge in [-0.25, -0.2) is 0 Å². The van der Waals surface area contributed by atoms with E-state index >= 15 is 0 Å². The normalized spacial score (nSPS) is 13.2. The molecule has 1 aliphatic rings. The molecule has 0 unspecified atom stereocenters. The van der Waals surface area contributed by atoms with Gasteiger partial charge in [0.25, 0.3) is 5.91 Å². The number of carbonyl (C=O) groups excluding carboxylic acids is 2. The molecule has 5 nitrogen and oxygen atoms in total. The highest BCUT2D eigenvalue weighted by atomic mass is 16.2. The van der Waals surface area contributed by atoms with Gasteiger partial charge in [-0.2, -0.15) is 0 Å². The molecule has 0 fully saturated rings. The number of anilines is 1. The fourth-order valence-electron chi connectivity index (χ4n) is 1.73. The van der Waals surface area contributed by atoms with Crippen LogP contribution in [0.2, 0.25) is 0 Å². The average molecular weight is 219 g/mol. The predicted molar refractivity (Wildman–Crippen MR) is 60.2 cm³/mol. The summed E-state index contributed by atoms with van der Waals surface area (Å²) in [4.78, 5) is 22.8. The van der Waals surface area contributed by atoms with Gasteiger partial charge >= 0.3 is 0 Å². The van der Waals surface area contributed by atoms with Gasteiger partial charge in [0.15, 0.2) is 0 Å². The monoisotopic (exact) mass is 219 g/mol. The lowest BCUT2D eigenvalue weighted by Gasteiger charge is -2.08. The zero-order chi connectivity index (χ0) is 11.5. The van der Waals surface area contributed by atoms with Crippen LogP contribution in [0.4, 0.5) is 5.69 Å². The zero-order valence-electron chi connectivity index (χ0n) is 8.96. The van der Waals surface area contributed by atoms with Crippen molar-refractivity contribution in [1.29, 1.82) is 0 Å². The van der Waals surface area contributed by atoms with Gasteiger partial charge in [-0.05, 0) is 19.2 Å². The van der Waals surface area contributed by atoms with Crippen molar-refractivity contribution in [1.82, 2.24) is 10.6 Å². The number of fused-ring (bicyclic) bond motifs is 1. The summed E-state index contributed by atoms with van der Waals surface area (Å²) < 4.78 is 0. The Kier molecular flexibility index (Phi) is 2.87. The van der Waals surface area contributed by atoms with Crippen molar-refractivity contribution in [3.05, 3.63) is 29.3 Å². The summed E-state index contributed by atoms with van der Waals surface area (Å²) in [5, 5.41) is 8.26. The third kappa shape index (κ3) is 1.90. The van der Waals surface area contributed by atoms with Crippen molar-refractivity contribution in [2.45, 2.75) is 6.54 Å². The van der Waals surface area contributed by atoms with Gasteiger partial charge in [0.1, 0.15) is 0 Å². The molecule has 1 aromatic rings. The molecule has 0 aromatic heterocycles. The molecule has 3 N–H and O–H groups in total. The van der Waals surface area contributed by atoms with E-state index in [1.54, 1.807) is 25.2 Å². The molecule has 5 heteroatoms. The molecular formula is C11H13N3O2. The van der Waals surface area contributed by atoms with Crippen molar-refractivity contribution < 1.29 is 9.59 Å². The van der Waals surface area contributed by atoms with Crippen LogP contribution in [0.5, 0.6) is 0 Å². The minimum Gasteiger partial charge on any atom is -0.348 e. The number of amides is 2. The van der Waals surface area contributed by atoms with Crippen LogP contribution in [-0.2, 0) is 11.3 Å². The number of benzene rings is 1. The standard InChI is InChI=1S/C11H13N3O2/c1-12-6-10(15)14-9-4-2-3-7-8(9)5-13-11(7)16/h2-4,12H,5-6H2,1H3,(H,13,16)(H,14,15). The molecule has 0 saturated heterocycles. The van der Waals surface area contributed by atoms with Crippen LogP contribution in [-0.4, -0.2) is 25.4 Å². The third-order valence-corrected chi connectivity index (χ3v) is 2.46. The van der Waals surface area contributed by atoms with Crippen LogP contribution >= 0.6 is 0 Å². The predicted octanol–water partition coefficient (Wildman–Crippen LogP) is 0.0879. The largest absolute Gasteiger partial charge is 0.348 e. The second-order valence-corrected chi connectivity index (χ2v) is 3.59. The summed E-state index contributed by atoms with van der Waals surface area (Å²) in [6.45, 7) is 0.731. The van der Waals surface area contributed by atoms with E-state index in [2.05, 4.69) is 16.0 Å². The number of carbonyl (C=O) groups is 2. The Morgan fingerprint density at radius 2 is 2.31 bits per heavy atom. The van der Waals surface area contributed by atoms with Gasteiger partial charge in [0.2, 0.25) is 5.91 Å². The van der Waals surface area contributed by atoms with Crippen LogP contribution < -0.4 is 16.0 Å². The van der Waals surface area contributed by atoms with Crippen LogP contribution in [0.15, 0.2) is 18.2 Å². The van der Waals surface area contributed by atoms with Gasteiger partial charge in [-0.1, -0.05) is 6.07 Å². The van der Waals surface area contributed by atoms with Gasteiger partial charge < -0.3 is 16.0 Å². The Morgan fingerprint density at radius 3 is 3.06 bits per heavy atom. The highest BCUT2D eigenvalue weighted by molar-refractivity contribution is 6.02. The van der Waals surface area contributed by atoms with Crippen LogP contribution in [0.1, 0.15) is 15.9 Å². The summed E-state index contributed by atoms with van der Waals surface area (Å²) in [6.07, 6.45) is 0. The molecule has 0 bridgehead atoms. The first-order valence-electron chi connectivity index (χ1n) is 5.07. The zero-order valence-corrected chi connectivity index (χ0v) is 8.96. The first kappa shape index (κ1) is 10.6. The van der Waals surface area contributed by atoms with Crippen molar-refractivity contribution in [2.24, 2.45) is 0 Å². The fourth-order valence-corrected chi connectivity index (χ4v) is 1.73. The van der Waals surface area contributed by atoms with E-state index in [9.17, 15) is 9.59 Å². The maximum atomic E-state index is 11.4. The smallest absolute Gasteiger partial charge is 0.251 e. The highest BCUT2D eigenvalue weighted by Crippen LogP contribution is 2.23. The molecule has 2 amide bonds. The maximum absolute atomic E-state index is 11.4. The molecule has 0 saturated carbocycles. The van der Waals surface area contributed by atoms with Crippen molar-refractivity contribution in [3.8, 4) is 0 Å². The van der Waals surface area contributed by atoms with Gasteiger partial charge in [-0.15, -0.1) is 0 Å². The van der Waals surface area contributed by atoms with Crippen molar-refractivity contribution in [2.75, 3.05) is 18.9 Å². The molecule has 0 atom stereocenters. The SMILES string of the molecule is CNCC(=O)Nc1cccc2c1CNC2=O. The van der Waals surface area contributed by atoms with E-state index in [1.165, 1.54) is 0 Å². The minimum absolute atomic E-state index is 0.0836. The first-order valence-corrected chi connectivity index (χ1v) is 5.07. The molecule has 0 spiro atoms. The Hall–Kier alpha value is -1.88. The van der Waals surface area contributed by atoms with Gasteiger partial charge in [0, 0.05) is 23.4 Å².